The molecule has 4 atom stereocenters. The van der Waals surface area contributed by atoms with Crippen molar-refractivity contribution in [2.75, 3.05) is 47.0 Å². The second-order valence-corrected chi connectivity index (χ2v) is 26.9. The number of hydrogen-bond acceptors (Lipinski definition) is 11. The number of likely N-dealkylation sites (tertiary alicyclic amines) is 1. The topological polar surface area (TPSA) is 203 Å². The quantitative estimate of drug-likeness (QED) is 0.0449. The van der Waals surface area contributed by atoms with Gasteiger partial charge in [0.1, 0.15) is 42.1 Å². The van der Waals surface area contributed by atoms with E-state index in [-0.39, 0.29) is 56.1 Å². The van der Waals surface area contributed by atoms with Gasteiger partial charge in [0.25, 0.3) is 0 Å². The molecule has 18 nitrogen and oxygen atoms in total. The van der Waals surface area contributed by atoms with Crippen molar-refractivity contribution in [2.45, 2.75) is 123 Å². The first kappa shape index (κ1) is 54.7. The maximum atomic E-state index is 14.1. The Morgan fingerprint density at radius 1 is 0.764 bits per heavy atom. The molecule has 2 saturated heterocycles. The largest absolute Gasteiger partial charge is 0.453 e. The number of benzene rings is 2. The number of nitrogens with zero attached hydrogens (tertiary/aromatic N) is 6. The van der Waals surface area contributed by atoms with Gasteiger partial charge in [0, 0.05) is 45.4 Å². The van der Waals surface area contributed by atoms with Gasteiger partial charge in [0.15, 0.2) is 0 Å². The maximum Gasteiger partial charge on any atom is 0.410 e. The van der Waals surface area contributed by atoms with Gasteiger partial charge in [-0.2, -0.15) is 0 Å². The lowest BCUT2D eigenvalue weighted by Gasteiger charge is -2.42. The number of H-pyrrole nitrogens is 1. The number of alkyl carbamates (subject to hydrolysis) is 2. The van der Waals surface area contributed by atoms with Crippen LogP contribution >= 0.6 is 0 Å². The van der Waals surface area contributed by atoms with Crippen molar-refractivity contribution in [3.8, 4) is 34.4 Å². The van der Waals surface area contributed by atoms with E-state index in [0.29, 0.717) is 24.7 Å². The fourth-order valence-electron chi connectivity index (χ4n) is 8.64. The van der Waals surface area contributed by atoms with Gasteiger partial charge in [-0.3, -0.25) is 9.59 Å². The van der Waals surface area contributed by atoms with Crippen LogP contribution in [-0.4, -0.2) is 137 Å². The number of nitrogens with one attached hydrogen (secondary N) is 3. The Bertz CT molecular complexity index is 2590. The summed E-state index contributed by atoms with van der Waals surface area (Å²) in [6.07, 6.45) is 3.23. The Hall–Kier alpha value is -6.65. The van der Waals surface area contributed by atoms with E-state index >= 15 is 0 Å². The molecule has 2 aliphatic heterocycles. The van der Waals surface area contributed by atoms with Crippen molar-refractivity contribution in [3.05, 3.63) is 83.7 Å². The monoisotopic (exact) mass is 1010 g/mol. The standard InChI is InChI=1S/C53H73N9O9Si/c1-34(2)44(57-50(65)68-8)48(63)60-25-13-14-41(60)47-55-31-42(62(47)33-70-28-29-72(10,11)12)39-23-19-37(20-24-39)16-15-36-17-21-38(22-18-36)40-30-54-46(56-40)43-32-59(52(67)71-53(5,6)7)26-27-61(43)49(64)45(35(3)4)58-51(66)69-9/h17-24,30-31,34-35,41,43-45H,13-14,25-29,32-33H2,1-12H3,(H,54,56)(H,57,65)(H,58,66)/t41-,43-,44-,45-/m0/s1. The highest BCUT2D eigenvalue weighted by atomic mass is 28.3. The van der Waals surface area contributed by atoms with Crippen molar-refractivity contribution < 1.29 is 42.9 Å². The first-order valence-electron chi connectivity index (χ1n) is 24.8. The molecule has 4 heterocycles. The molecule has 2 aromatic carbocycles. The SMILES string of the molecule is COC(=O)N[C@H](C(=O)N1CCN(C(=O)OC(C)(C)C)C[C@H]1c1ncc(-c2ccc(C#Cc3ccc(-c4cnc([C@@H]5CCCN5C(=O)[C@@H](NC(=O)OC)C(C)C)n4COCC[Si](C)(C)C)cc3)cc2)[nH]1)C(C)C. The van der Waals surface area contributed by atoms with E-state index in [2.05, 4.69) is 51.7 Å². The normalized spacial score (nSPS) is 17.0. The first-order valence-corrected chi connectivity index (χ1v) is 28.5. The summed E-state index contributed by atoms with van der Waals surface area (Å²) in [5.41, 5.74) is 4.25. The number of piperazine rings is 1. The van der Waals surface area contributed by atoms with E-state index < -0.39 is 50.1 Å². The summed E-state index contributed by atoms with van der Waals surface area (Å²) in [6, 6.07) is 14.2. The Morgan fingerprint density at radius 3 is 1.85 bits per heavy atom. The van der Waals surface area contributed by atoms with Crippen LogP contribution in [0.3, 0.4) is 0 Å². The fourth-order valence-corrected chi connectivity index (χ4v) is 9.40. The molecule has 72 heavy (non-hydrogen) atoms. The Morgan fingerprint density at radius 2 is 1.32 bits per heavy atom. The molecular formula is C53H73N9O9Si. The predicted octanol–water partition coefficient (Wildman–Crippen LogP) is 8.20. The number of rotatable bonds is 15. The molecule has 388 valence electrons. The van der Waals surface area contributed by atoms with Crippen molar-refractivity contribution in [1.82, 2.24) is 44.9 Å². The minimum absolute atomic E-state index is 0.128. The molecule has 4 aromatic rings. The lowest BCUT2D eigenvalue weighted by molar-refractivity contribution is -0.140. The lowest BCUT2D eigenvalue weighted by Crippen LogP contribution is -2.58. The molecule has 3 N–H and O–H groups in total. The molecule has 0 aliphatic carbocycles. The van der Waals surface area contributed by atoms with E-state index in [1.165, 1.54) is 14.2 Å². The Labute approximate surface area is 424 Å². The number of aromatic amines is 1. The Balaban J connectivity index is 1.20. The van der Waals surface area contributed by atoms with Crippen LogP contribution in [-0.2, 0) is 35.3 Å². The average Bonchev–Trinajstić information content (AvgIpc) is 4.13. The van der Waals surface area contributed by atoms with E-state index in [1.807, 2.05) is 87.3 Å². The number of aromatic nitrogens is 4. The van der Waals surface area contributed by atoms with Crippen LogP contribution in [0.4, 0.5) is 14.4 Å². The minimum Gasteiger partial charge on any atom is -0.453 e. The van der Waals surface area contributed by atoms with Crippen molar-refractivity contribution in [1.29, 1.82) is 0 Å². The molecule has 0 bridgehead atoms. The lowest BCUT2D eigenvalue weighted by atomic mass is 10.0. The van der Waals surface area contributed by atoms with E-state index in [9.17, 15) is 24.0 Å². The van der Waals surface area contributed by atoms with Crippen LogP contribution in [0.1, 0.15) is 96.2 Å². The summed E-state index contributed by atoms with van der Waals surface area (Å²) in [5.74, 6) is 6.91. The number of amides is 5. The van der Waals surface area contributed by atoms with E-state index in [4.69, 9.17) is 28.9 Å². The summed E-state index contributed by atoms with van der Waals surface area (Å²) in [4.78, 5) is 83.9. The minimum atomic E-state index is -1.35. The third kappa shape index (κ3) is 14.1. The van der Waals surface area contributed by atoms with Gasteiger partial charge in [-0.05, 0) is 86.9 Å². The van der Waals surface area contributed by atoms with Gasteiger partial charge in [-0.1, -0.05) is 83.4 Å². The molecule has 0 saturated carbocycles. The van der Waals surface area contributed by atoms with Crippen molar-refractivity contribution in [3.63, 3.8) is 0 Å². The van der Waals surface area contributed by atoms with Gasteiger partial charge in [0.2, 0.25) is 11.8 Å². The van der Waals surface area contributed by atoms with Crippen LogP contribution < -0.4 is 10.6 Å². The molecule has 0 radical (unpaired) electrons. The zero-order valence-corrected chi connectivity index (χ0v) is 45.0. The maximum absolute atomic E-state index is 14.1. The number of methoxy groups -OCH3 is 2. The average molecular weight is 1010 g/mol. The highest BCUT2D eigenvalue weighted by Crippen LogP contribution is 2.35. The highest BCUT2D eigenvalue weighted by Gasteiger charge is 2.41. The van der Waals surface area contributed by atoms with Crippen LogP contribution in [0.2, 0.25) is 25.7 Å². The van der Waals surface area contributed by atoms with Crippen molar-refractivity contribution >= 4 is 38.2 Å². The predicted molar refractivity (Wildman–Crippen MR) is 276 cm³/mol. The molecule has 6 rings (SSSR count). The van der Waals surface area contributed by atoms with Gasteiger partial charge in [-0.25, -0.2) is 24.4 Å². The van der Waals surface area contributed by atoms with E-state index in [1.54, 1.807) is 36.8 Å². The molecular weight excluding hydrogens is 935 g/mol. The first-order chi connectivity index (χ1) is 34.1. The molecule has 19 heteroatoms. The summed E-state index contributed by atoms with van der Waals surface area (Å²) < 4.78 is 23.7. The number of carbonyl (C=O) groups is 5. The molecule has 0 spiro atoms. The van der Waals surface area contributed by atoms with Crippen LogP contribution in [0, 0.1) is 23.7 Å². The summed E-state index contributed by atoms with van der Waals surface area (Å²) in [5, 5.41) is 5.41. The third-order valence-corrected chi connectivity index (χ3v) is 14.4. The number of hydrogen-bond donors (Lipinski definition) is 3. The van der Waals surface area contributed by atoms with Gasteiger partial charge in [0.05, 0.1) is 50.6 Å². The van der Waals surface area contributed by atoms with Gasteiger partial charge < -0.3 is 53.8 Å². The smallest absolute Gasteiger partial charge is 0.410 e. The second kappa shape index (κ2) is 23.7. The molecule has 5 amide bonds. The molecule has 2 aliphatic rings. The zero-order valence-electron chi connectivity index (χ0n) is 44.0. The fraction of sp³-hybridized carbons (Fsp3) is 0.528. The molecule has 0 unspecified atom stereocenters. The summed E-state index contributed by atoms with van der Waals surface area (Å²) in [6.45, 7) is 21.9. The van der Waals surface area contributed by atoms with Gasteiger partial charge in [-0.15, -0.1) is 0 Å². The number of ether oxygens (including phenoxy) is 4. The van der Waals surface area contributed by atoms with Crippen LogP contribution in [0.25, 0.3) is 22.5 Å². The number of imidazole rings is 2. The molecule has 2 fully saturated rings. The summed E-state index contributed by atoms with van der Waals surface area (Å²) in [7, 11) is 1.19. The number of carbonyl (C=O) groups excluding carboxylic acids is 5. The molecule has 2 aromatic heterocycles. The van der Waals surface area contributed by atoms with Crippen LogP contribution in [0.15, 0.2) is 60.9 Å². The summed E-state index contributed by atoms with van der Waals surface area (Å²) >= 11 is 0. The third-order valence-electron chi connectivity index (χ3n) is 12.7. The highest BCUT2D eigenvalue weighted by molar-refractivity contribution is 6.76. The van der Waals surface area contributed by atoms with E-state index in [0.717, 1.165) is 52.7 Å². The van der Waals surface area contributed by atoms with Gasteiger partial charge >= 0.3 is 18.3 Å². The van der Waals surface area contributed by atoms with Crippen LogP contribution in [0.5, 0.6) is 0 Å². The van der Waals surface area contributed by atoms with Crippen molar-refractivity contribution in [2.24, 2.45) is 11.8 Å². The zero-order chi connectivity index (χ0) is 52.5. The second-order valence-electron chi connectivity index (χ2n) is 21.2. The Kier molecular flexibility index (Phi) is 18.0.